The molecule has 0 aliphatic heterocycles. The van der Waals surface area contributed by atoms with E-state index in [1.54, 1.807) is 0 Å². The van der Waals surface area contributed by atoms with E-state index in [1.807, 2.05) is 37.3 Å². The first-order chi connectivity index (χ1) is 9.31. The van der Waals surface area contributed by atoms with Crippen molar-refractivity contribution in [3.8, 4) is 0 Å². The van der Waals surface area contributed by atoms with Crippen molar-refractivity contribution in [2.24, 2.45) is 5.41 Å². The highest BCUT2D eigenvalue weighted by atomic mass is 32.2. The van der Waals surface area contributed by atoms with Gasteiger partial charge in [-0.3, -0.25) is 4.79 Å². The van der Waals surface area contributed by atoms with Gasteiger partial charge in [0.05, 0.1) is 17.9 Å². The summed E-state index contributed by atoms with van der Waals surface area (Å²) in [5, 5.41) is 12.1. The molecule has 1 aromatic rings. The minimum absolute atomic E-state index is 0.0221. The van der Waals surface area contributed by atoms with Crippen molar-refractivity contribution in [3.05, 3.63) is 30.3 Å². The summed E-state index contributed by atoms with van der Waals surface area (Å²) in [4.78, 5) is 13.2. The molecule has 2 N–H and O–H groups in total. The summed E-state index contributed by atoms with van der Waals surface area (Å²) in [7, 11) is 0. The third kappa shape index (κ3) is 6.44. The molecular weight excluding hydrogens is 270 g/mol. The molecule has 3 nitrogen and oxygen atoms in total. The van der Waals surface area contributed by atoms with Gasteiger partial charge in [0.15, 0.2) is 0 Å². The maximum absolute atomic E-state index is 12.2. The lowest BCUT2D eigenvalue weighted by molar-refractivity contribution is -0.121. The zero-order valence-electron chi connectivity index (χ0n) is 12.7. The molecule has 0 saturated carbocycles. The molecule has 1 rings (SSSR count). The number of hydrogen-bond acceptors (Lipinski definition) is 3. The Morgan fingerprint density at radius 1 is 1.30 bits per heavy atom. The lowest BCUT2D eigenvalue weighted by Gasteiger charge is -2.26. The summed E-state index contributed by atoms with van der Waals surface area (Å²) in [6, 6.07) is 9.69. The van der Waals surface area contributed by atoms with Crippen molar-refractivity contribution >= 4 is 17.7 Å². The summed E-state index contributed by atoms with van der Waals surface area (Å²) < 4.78 is 0. The quantitative estimate of drug-likeness (QED) is 0.793. The van der Waals surface area contributed by atoms with Gasteiger partial charge in [-0.2, -0.15) is 0 Å². The van der Waals surface area contributed by atoms with E-state index in [2.05, 4.69) is 26.1 Å². The highest BCUT2D eigenvalue weighted by Gasteiger charge is 2.22. The maximum atomic E-state index is 12.2. The number of nitrogens with one attached hydrogen (secondary N) is 1. The van der Waals surface area contributed by atoms with Gasteiger partial charge in [-0.05, 0) is 30.9 Å². The Bertz CT molecular complexity index is 414. The molecule has 0 spiro atoms. The molecule has 0 heterocycles. The van der Waals surface area contributed by atoms with Gasteiger partial charge in [0.25, 0.3) is 0 Å². The average Bonchev–Trinajstić information content (AvgIpc) is 2.37. The van der Waals surface area contributed by atoms with Crippen LogP contribution < -0.4 is 5.32 Å². The van der Waals surface area contributed by atoms with Crippen molar-refractivity contribution in [3.63, 3.8) is 0 Å². The average molecular weight is 295 g/mol. The van der Waals surface area contributed by atoms with Gasteiger partial charge >= 0.3 is 0 Å². The third-order valence-electron chi connectivity index (χ3n) is 2.85. The summed E-state index contributed by atoms with van der Waals surface area (Å²) in [5.74, 6) is -0.0258. The Labute approximate surface area is 126 Å². The second kappa shape index (κ2) is 7.70. The maximum Gasteiger partial charge on any atom is 0.233 e. The molecule has 2 unspecified atom stereocenters. The van der Waals surface area contributed by atoms with E-state index in [9.17, 15) is 9.90 Å². The van der Waals surface area contributed by atoms with Gasteiger partial charge in [-0.25, -0.2) is 0 Å². The predicted molar refractivity (Wildman–Crippen MR) is 84.8 cm³/mol. The van der Waals surface area contributed by atoms with Gasteiger partial charge in [0.2, 0.25) is 5.91 Å². The molecule has 0 fully saturated rings. The van der Waals surface area contributed by atoms with Crippen LogP contribution in [0, 0.1) is 5.41 Å². The molecular formula is C16H25NO2S. The number of aliphatic hydroxyl groups is 1. The zero-order valence-corrected chi connectivity index (χ0v) is 13.5. The van der Waals surface area contributed by atoms with Crippen molar-refractivity contribution in [1.29, 1.82) is 0 Å². The number of carbonyl (C=O) groups excluding carboxylic acids is 1. The lowest BCUT2D eigenvalue weighted by Crippen LogP contribution is -2.43. The van der Waals surface area contributed by atoms with Crippen LogP contribution in [0.15, 0.2) is 35.2 Å². The first kappa shape index (κ1) is 17.1. The van der Waals surface area contributed by atoms with E-state index >= 15 is 0 Å². The van der Waals surface area contributed by atoms with E-state index in [0.717, 1.165) is 11.3 Å². The van der Waals surface area contributed by atoms with Crippen LogP contribution >= 0.6 is 11.8 Å². The summed E-state index contributed by atoms with van der Waals surface area (Å²) >= 11 is 1.53. The van der Waals surface area contributed by atoms with Gasteiger partial charge in [-0.1, -0.05) is 39.0 Å². The van der Waals surface area contributed by atoms with Gasteiger partial charge in [0.1, 0.15) is 0 Å². The van der Waals surface area contributed by atoms with E-state index in [1.165, 1.54) is 11.8 Å². The van der Waals surface area contributed by atoms with Crippen LogP contribution in [0.3, 0.4) is 0 Å². The second-order valence-electron chi connectivity index (χ2n) is 6.23. The van der Waals surface area contributed by atoms with Crippen molar-refractivity contribution in [1.82, 2.24) is 5.32 Å². The number of carbonyl (C=O) groups is 1. The summed E-state index contributed by atoms with van der Waals surface area (Å²) in [6.45, 7) is 8.17. The number of hydrogen-bond donors (Lipinski definition) is 2. The van der Waals surface area contributed by atoms with Crippen molar-refractivity contribution in [2.75, 3.05) is 6.61 Å². The molecule has 20 heavy (non-hydrogen) atoms. The van der Waals surface area contributed by atoms with Gasteiger partial charge < -0.3 is 10.4 Å². The number of rotatable bonds is 6. The largest absolute Gasteiger partial charge is 0.394 e. The lowest BCUT2D eigenvalue weighted by atomic mass is 9.88. The number of amides is 1. The normalized spacial score (nSPS) is 14.7. The molecule has 0 aliphatic carbocycles. The Morgan fingerprint density at radius 2 is 1.90 bits per heavy atom. The van der Waals surface area contributed by atoms with Crippen LogP contribution in [-0.4, -0.2) is 28.9 Å². The number of aliphatic hydroxyl groups excluding tert-OH is 1. The molecule has 0 saturated heterocycles. The van der Waals surface area contributed by atoms with Gasteiger partial charge in [0, 0.05) is 4.90 Å². The number of benzene rings is 1. The van der Waals surface area contributed by atoms with Crippen LogP contribution in [0.4, 0.5) is 0 Å². The van der Waals surface area contributed by atoms with Crippen molar-refractivity contribution in [2.45, 2.75) is 50.3 Å². The Balaban J connectivity index is 2.52. The Kier molecular flexibility index (Phi) is 6.56. The number of thioether (sulfide) groups is 1. The smallest absolute Gasteiger partial charge is 0.233 e. The predicted octanol–water partition coefficient (Wildman–Crippen LogP) is 3.08. The molecule has 0 bridgehead atoms. The first-order valence-corrected chi connectivity index (χ1v) is 7.83. The fourth-order valence-electron chi connectivity index (χ4n) is 1.98. The topological polar surface area (TPSA) is 49.3 Å². The fourth-order valence-corrected chi connectivity index (χ4v) is 2.87. The molecule has 0 radical (unpaired) electrons. The van der Waals surface area contributed by atoms with Crippen LogP contribution in [0.5, 0.6) is 0 Å². The van der Waals surface area contributed by atoms with Crippen LogP contribution in [0.25, 0.3) is 0 Å². The van der Waals surface area contributed by atoms with E-state index in [0.29, 0.717) is 0 Å². The fraction of sp³-hybridized carbons (Fsp3) is 0.562. The Hall–Kier alpha value is -1.00. The first-order valence-electron chi connectivity index (χ1n) is 6.95. The molecule has 4 heteroatoms. The molecule has 0 aromatic heterocycles. The molecule has 0 aliphatic rings. The zero-order chi connectivity index (χ0) is 15.2. The molecule has 2 atom stereocenters. The molecule has 1 amide bonds. The highest BCUT2D eigenvalue weighted by molar-refractivity contribution is 8.00. The molecule has 112 valence electrons. The minimum Gasteiger partial charge on any atom is -0.394 e. The van der Waals surface area contributed by atoms with Crippen LogP contribution in [-0.2, 0) is 4.79 Å². The standard InChI is InChI=1S/C16H25NO2S/c1-12(20-14-8-6-5-7-9-14)15(19)17-13(11-18)10-16(2,3)4/h5-9,12-13,18H,10-11H2,1-4H3,(H,17,19). The monoisotopic (exact) mass is 295 g/mol. The van der Waals surface area contributed by atoms with Gasteiger partial charge in [-0.15, -0.1) is 11.8 Å². The second-order valence-corrected chi connectivity index (χ2v) is 7.64. The third-order valence-corrected chi connectivity index (χ3v) is 3.96. The summed E-state index contributed by atoms with van der Waals surface area (Å²) in [5.41, 5.74) is 0.0798. The SMILES string of the molecule is CC(Sc1ccccc1)C(=O)NC(CO)CC(C)(C)C. The van der Waals surface area contributed by atoms with E-state index in [-0.39, 0.29) is 29.2 Å². The Morgan fingerprint density at radius 3 is 2.40 bits per heavy atom. The van der Waals surface area contributed by atoms with E-state index in [4.69, 9.17) is 0 Å². The molecule has 1 aromatic carbocycles. The minimum atomic E-state index is -0.179. The highest BCUT2D eigenvalue weighted by Crippen LogP contribution is 2.24. The van der Waals surface area contributed by atoms with Crippen LogP contribution in [0.2, 0.25) is 0 Å². The summed E-state index contributed by atoms with van der Waals surface area (Å²) in [6.07, 6.45) is 0.762. The van der Waals surface area contributed by atoms with Crippen molar-refractivity contribution < 1.29 is 9.90 Å². The van der Waals surface area contributed by atoms with E-state index < -0.39 is 0 Å². The van der Waals surface area contributed by atoms with Crippen LogP contribution in [0.1, 0.15) is 34.1 Å².